The van der Waals surface area contributed by atoms with Crippen LogP contribution < -0.4 is 10.5 Å². The Labute approximate surface area is 106 Å². The van der Waals surface area contributed by atoms with E-state index >= 15 is 0 Å². The maximum atomic E-state index is 5.93. The van der Waals surface area contributed by atoms with Gasteiger partial charge in [-0.1, -0.05) is 6.92 Å². The zero-order valence-corrected chi connectivity index (χ0v) is 10.3. The van der Waals surface area contributed by atoms with Crippen LogP contribution in [0.15, 0.2) is 23.2 Å². The smallest absolute Gasteiger partial charge is 0.300 e. The number of hydrogen-bond acceptors (Lipinski definition) is 5. The van der Waals surface area contributed by atoms with Gasteiger partial charge in [0.2, 0.25) is 0 Å². The summed E-state index contributed by atoms with van der Waals surface area (Å²) in [7, 11) is 0. The number of amidine groups is 1. The van der Waals surface area contributed by atoms with Gasteiger partial charge >= 0.3 is 5.91 Å². The van der Waals surface area contributed by atoms with Crippen LogP contribution in [0, 0.1) is 0 Å². The van der Waals surface area contributed by atoms with Gasteiger partial charge in [-0.15, -0.1) is 0 Å². The lowest BCUT2D eigenvalue weighted by atomic mass is 10.1. The van der Waals surface area contributed by atoms with Crippen molar-refractivity contribution in [2.75, 3.05) is 19.8 Å². The van der Waals surface area contributed by atoms with Gasteiger partial charge in [0.25, 0.3) is 0 Å². The van der Waals surface area contributed by atoms with Crippen molar-refractivity contribution in [1.29, 1.82) is 0 Å². The normalized spacial score (nSPS) is 19.9. The fourth-order valence-electron chi connectivity index (χ4n) is 2.22. The molecule has 5 nitrogen and oxygen atoms in total. The maximum absolute atomic E-state index is 5.93. The zero-order chi connectivity index (χ0) is 12.6. The van der Waals surface area contributed by atoms with E-state index in [-0.39, 0.29) is 0 Å². The lowest BCUT2D eigenvalue weighted by Crippen LogP contribution is -2.22. The number of fused-ring (bicyclic) bond motifs is 2. The highest BCUT2D eigenvalue weighted by Crippen LogP contribution is 2.40. The van der Waals surface area contributed by atoms with E-state index in [1.165, 1.54) is 0 Å². The minimum Gasteiger partial charge on any atom is -0.494 e. The summed E-state index contributed by atoms with van der Waals surface area (Å²) >= 11 is 0. The number of nitrogens with two attached hydrogens (primary N) is 1. The second-order valence-electron chi connectivity index (χ2n) is 4.33. The van der Waals surface area contributed by atoms with Gasteiger partial charge in [-0.3, -0.25) is 0 Å². The van der Waals surface area contributed by atoms with Crippen molar-refractivity contribution < 1.29 is 14.2 Å². The van der Waals surface area contributed by atoms with Gasteiger partial charge in [0.15, 0.2) is 0 Å². The van der Waals surface area contributed by atoms with Crippen LogP contribution in [0.25, 0.3) is 0 Å². The maximum Gasteiger partial charge on any atom is 0.300 e. The highest BCUT2D eigenvalue weighted by atomic mass is 16.8. The van der Waals surface area contributed by atoms with Crippen LogP contribution in [0.2, 0.25) is 0 Å². The largest absolute Gasteiger partial charge is 0.494 e. The van der Waals surface area contributed by atoms with E-state index in [0.29, 0.717) is 25.7 Å². The lowest BCUT2D eigenvalue weighted by molar-refractivity contribution is -0.155. The number of benzene rings is 1. The Bertz CT molecular complexity index is 493. The number of aliphatic imine (C=N–C) groups is 1. The third-order valence-electron chi connectivity index (χ3n) is 3.03. The van der Waals surface area contributed by atoms with Gasteiger partial charge in [0.05, 0.1) is 19.8 Å². The molecule has 1 saturated heterocycles. The van der Waals surface area contributed by atoms with Crippen LogP contribution in [0.5, 0.6) is 5.75 Å². The van der Waals surface area contributed by atoms with Crippen molar-refractivity contribution in [3.05, 3.63) is 29.3 Å². The van der Waals surface area contributed by atoms with Crippen molar-refractivity contribution in [3.63, 3.8) is 0 Å². The molecule has 3 rings (SSSR count). The van der Waals surface area contributed by atoms with Gasteiger partial charge in [-0.2, -0.15) is 0 Å². The molecule has 0 aliphatic carbocycles. The fraction of sp³-hybridized carbons (Fsp3) is 0.462. The number of ether oxygens (including phenoxy) is 3. The molecule has 0 radical (unpaired) electrons. The molecule has 0 unspecified atom stereocenters. The predicted molar refractivity (Wildman–Crippen MR) is 66.5 cm³/mol. The molecule has 0 atom stereocenters. The summed E-state index contributed by atoms with van der Waals surface area (Å²) in [4.78, 5) is 4.30. The summed E-state index contributed by atoms with van der Waals surface area (Å²) in [6, 6.07) is 5.70. The fourth-order valence-corrected chi connectivity index (χ4v) is 2.22. The topological polar surface area (TPSA) is 66.1 Å². The first-order valence-corrected chi connectivity index (χ1v) is 6.16. The molecule has 2 aliphatic heterocycles. The van der Waals surface area contributed by atoms with E-state index in [1.54, 1.807) is 0 Å². The molecule has 0 aromatic heterocycles. The Balaban J connectivity index is 1.96. The second-order valence-corrected chi connectivity index (χ2v) is 4.33. The van der Waals surface area contributed by atoms with Crippen LogP contribution in [0.3, 0.4) is 0 Å². The van der Waals surface area contributed by atoms with Gasteiger partial charge in [0.1, 0.15) is 11.6 Å². The second kappa shape index (κ2) is 4.26. The molecular weight excluding hydrogens is 232 g/mol. The molecule has 18 heavy (non-hydrogen) atoms. The van der Waals surface area contributed by atoms with Gasteiger partial charge in [-0.25, -0.2) is 4.99 Å². The van der Waals surface area contributed by atoms with E-state index < -0.39 is 5.91 Å². The molecule has 5 heteroatoms. The summed E-state index contributed by atoms with van der Waals surface area (Å²) in [5.41, 5.74) is 7.63. The third kappa shape index (κ3) is 1.67. The monoisotopic (exact) mass is 248 g/mol. The molecule has 1 fully saturated rings. The summed E-state index contributed by atoms with van der Waals surface area (Å²) in [5.74, 6) is 0.223. The molecule has 1 spiro atoms. The Kier molecular flexibility index (Phi) is 2.72. The molecule has 0 amide bonds. The Morgan fingerprint density at radius 3 is 2.89 bits per heavy atom. The summed E-state index contributed by atoms with van der Waals surface area (Å²) in [6.45, 7) is 3.82. The van der Waals surface area contributed by atoms with Gasteiger partial charge < -0.3 is 19.9 Å². The standard InChI is InChI=1S/C13H16N2O3/c1-2-5-16-9-3-4-11-10(8-9)12(14)15-13(11)17-6-7-18-13/h3-4,8H,2,5-7H2,1H3,(H2,14,15). The Morgan fingerprint density at radius 2 is 2.17 bits per heavy atom. The Hall–Kier alpha value is -1.59. The van der Waals surface area contributed by atoms with Gasteiger partial charge in [0, 0.05) is 11.1 Å². The van der Waals surface area contributed by atoms with Crippen molar-refractivity contribution in [2.45, 2.75) is 19.3 Å². The van der Waals surface area contributed by atoms with Crippen LogP contribution in [0.1, 0.15) is 24.5 Å². The molecular formula is C13H16N2O3. The molecule has 1 aromatic rings. The van der Waals surface area contributed by atoms with E-state index in [9.17, 15) is 0 Å². The van der Waals surface area contributed by atoms with Crippen LogP contribution in [-0.2, 0) is 15.4 Å². The Morgan fingerprint density at radius 1 is 1.39 bits per heavy atom. The highest BCUT2D eigenvalue weighted by molar-refractivity contribution is 6.02. The SMILES string of the molecule is CCCOc1ccc2c(c1)C(N)=NC21OCCO1. The number of hydrogen-bond donors (Lipinski definition) is 1. The zero-order valence-electron chi connectivity index (χ0n) is 10.3. The molecule has 2 heterocycles. The highest BCUT2D eigenvalue weighted by Gasteiger charge is 2.45. The van der Waals surface area contributed by atoms with E-state index in [1.807, 2.05) is 18.2 Å². The minimum absolute atomic E-state index is 0.439. The first-order valence-electron chi connectivity index (χ1n) is 6.16. The lowest BCUT2D eigenvalue weighted by Gasteiger charge is -2.19. The summed E-state index contributed by atoms with van der Waals surface area (Å²) in [6.07, 6.45) is 0.969. The average molecular weight is 248 g/mol. The number of nitrogens with zero attached hydrogens (tertiary/aromatic N) is 1. The quantitative estimate of drug-likeness (QED) is 0.877. The predicted octanol–water partition coefficient (Wildman–Crippen LogP) is 1.35. The molecule has 2 N–H and O–H groups in total. The van der Waals surface area contributed by atoms with E-state index in [4.69, 9.17) is 19.9 Å². The van der Waals surface area contributed by atoms with Crippen LogP contribution >= 0.6 is 0 Å². The first kappa shape index (κ1) is 11.5. The molecule has 96 valence electrons. The molecule has 2 aliphatic rings. The summed E-state index contributed by atoms with van der Waals surface area (Å²) < 4.78 is 16.8. The molecule has 1 aromatic carbocycles. The van der Waals surface area contributed by atoms with Crippen LogP contribution in [0.4, 0.5) is 0 Å². The molecule has 0 bridgehead atoms. The van der Waals surface area contributed by atoms with Crippen LogP contribution in [-0.4, -0.2) is 25.7 Å². The van der Waals surface area contributed by atoms with Crippen molar-refractivity contribution in [3.8, 4) is 5.75 Å². The minimum atomic E-state index is -1.01. The van der Waals surface area contributed by atoms with Crippen molar-refractivity contribution in [2.24, 2.45) is 10.7 Å². The van der Waals surface area contributed by atoms with Gasteiger partial charge in [-0.05, 0) is 24.6 Å². The van der Waals surface area contributed by atoms with Crippen molar-refractivity contribution in [1.82, 2.24) is 0 Å². The van der Waals surface area contributed by atoms with E-state index in [0.717, 1.165) is 23.3 Å². The average Bonchev–Trinajstić information content (AvgIpc) is 2.95. The third-order valence-corrected chi connectivity index (χ3v) is 3.03. The summed E-state index contributed by atoms with van der Waals surface area (Å²) in [5, 5.41) is 0. The first-order chi connectivity index (χ1) is 8.75. The van der Waals surface area contributed by atoms with Crippen molar-refractivity contribution >= 4 is 5.84 Å². The van der Waals surface area contributed by atoms with E-state index in [2.05, 4.69) is 11.9 Å². The number of rotatable bonds is 3. The molecule has 0 saturated carbocycles.